The van der Waals surface area contributed by atoms with Crippen LogP contribution in [0.2, 0.25) is 0 Å². The van der Waals surface area contributed by atoms with Crippen molar-refractivity contribution in [1.29, 1.82) is 0 Å². The molecule has 214 valence electrons. The van der Waals surface area contributed by atoms with Crippen molar-refractivity contribution in [1.82, 2.24) is 0 Å². The van der Waals surface area contributed by atoms with Crippen LogP contribution in [-0.2, 0) is 16.0 Å². The van der Waals surface area contributed by atoms with Gasteiger partial charge in [0.15, 0.2) is 23.1 Å². The van der Waals surface area contributed by atoms with Gasteiger partial charge in [-0.15, -0.1) is 0 Å². The van der Waals surface area contributed by atoms with E-state index >= 15 is 0 Å². The van der Waals surface area contributed by atoms with Gasteiger partial charge in [0.05, 0.1) is 12.7 Å². The first-order valence-corrected chi connectivity index (χ1v) is 14.5. The van der Waals surface area contributed by atoms with Gasteiger partial charge in [0, 0.05) is 30.6 Å². The molecule has 3 aliphatic rings. The van der Waals surface area contributed by atoms with Crippen LogP contribution in [0.15, 0.2) is 18.2 Å². The highest BCUT2D eigenvalue weighted by atomic mass is 19.2. The summed E-state index contributed by atoms with van der Waals surface area (Å²) in [5.41, 5.74) is 1.39. The third-order valence-corrected chi connectivity index (χ3v) is 8.52. The van der Waals surface area contributed by atoms with Crippen molar-refractivity contribution in [2.24, 2.45) is 11.8 Å². The number of hydrogen-bond acceptors (Lipinski definition) is 4. The largest absolute Gasteiger partial charge is 0.491 e. The Morgan fingerprint density at radius 1 is 0.897 bits per heavy atom. The number of aldehydes is 1. The molecule has 0 unspecified atom stereocenters. The average Bonchev–Trinajstić information content (AvgIpc) is 2.97. The highest BCUT2D eigenvalue weighted by molar-refractivity contribution is 5.56. The maximum absolute atomic E-state index is 14.8. The molecule has 0 saturated heterocycles. The van der Waals surface area contributed by atoms with Gasteiger partial charge in [-0.25, -0.2) is 4.39 Å². The van der Waals surface area contributed by atoms with E-state index in [2.05, 4.69) is 6.92 Å². The second-order valence-electron chi connectivity index (χ2n) is 11.1. The number of fused-ring (bicyclic) bond motifs is 2. The van der Waals surface area contributed by atoms with Crippen LogP contribution >= 0.6 is 0 Å². The molecule has 0 spiro atoms. The van der Waals surface area contributed by atoms with Gasteiger partial charge in [0.2, 0.25) is 11.6 Å². The summed E-state index contributed by atoms with van der Waals surface area (Å²) in [5, 5.41) is 0. The highest BCUT2D eigenvalue weighted by Gasteiger charge is 2.32. The van der Waals surface area contributed by atoms with Gasteiger partial charge < -0.3 is 19.0 Å². The predicted molar refractivity (Wildman–Crippen MR) is 145 cm³/mol. The Morgan fingerprint density at radius 2 is 1.59 bits per heavy atom. The highest BCUT2D eigenvalue weighted by Crippen LogP contribution is 2.46. The van der Waals surface area contributed by atoms with Crippen molar-refractivity contribution in [3.8, 4) is 17.2 Å². The Morgan fingerprint density at radius 3 is 2.21 bits per heavy atom. The fraction of sp³-hybridized carbons (Fsp3) is 0.594. The van der Waals surface area contributed by atoms with E-state index in [4.69, 9.17) is 14.2 Å². The summed E-state index contributed by atoms with van der Waals surface area (Å²) in [5.74, 6) is -2.22. The molecule has 0 atom stereocenters. The second kappa shape index (κ2) is 13.7. The first-order chi connectivity index (χ1) is 18.9. The van der Waals surface area contributed by atoms with Crippen molar-refractivity contribution < 1.29 is 32.2 Å². The van der Waals surface area contributed by atoms with Crippen LogP contribution in [0.1, 0.15) is 101 Å². The number of halogens is 3. The summed E-state index contributed by atoms with van der Waals surface area (Å²) in [6.07, 6.45) is 12.6. The molecule has 7 heteroatoms. The molecule has 2 aromatic rings. The summed E-state index contributed by atoms with van der Waals surface area (Å²) >= 11 is 0. The van der Waals surface area contributed by atoms with E-state index in [0.29, 0.717) is 48.5 Å². The number of carbonyl (C=O) groups excluding carboxylic acids is 1. The topological polar surface area (TPSA) is 44.8 Å². The zero-order valence-electron chi connectivity index (χ0n) is 23.4. The maximum atomic E-state index is 14.8. The summed E-state index contributed by atoms with van der Waals surface area (Å²) < 4.78 is 60.2. The van der Waals surface area contributed by atoms with E-state index in [1.54, 1.807) is 19.1 Å². The molecule has 0 radical (unpaired) electrons. The van der Waals surface area contributed by atoms with E-state index in [0.717, 1.165) is 12.2 Å². The molecule has 0 bridgehead atoms. The van der Waals surface area contributed by atoms with Crippen LogP contribution < -0.4 is 9.47 Å². The minimum Gasteiger partial charge on any atom is -0.491 e. The zero-order valence-corrected chi connectivity index (χ0v) is 23.4. The Labute approximate surface area is 230 Å². The van der Waals surface area contributed by atoms with Gasteiger partial charge in [0.1, 0.15) is 6.29 Å². The van der Waals surface area contributed by atoms with Gasteiger partial charge >= 0.3 is 0 Å². The van der Waals surface area contributed by atoms with Crippen LogP contribution in [-0.4, -0.2) is 26.1 Å². The van der Waals surface area contributed by atoms with Gasteiger partial charge in [-0.3, -0.25) is 0 Å². The molecule has 39 heavy (non-hydrogen) atoms. The van der Waals surface area contributed by atoms with Crippen LogP contribution in [0.4, 0.5) is 13.2 Å². The summed E-state index contributed by atoms with van der Waals surface area (Å²) in [6.45, 7) is 4.29. The smallest absolute Gasteiger partial charge is 0.207 e. The van der Waals surface area contributed by atoms with Crippen LogP contribution in [0.5, 0.6) is 17.2 Å². The third-order valence-electron chi connectivity index (χ3n) is 8.52. The van der Waals surface area contributed by atoms with Crippen LogP contribution in [0.3, 0.4) is 0 Å². The molecule has 0 amide bonds. The van der Waals surface area contributed by atoms with Crippen molar-refractivity contribution in [2.75, 3.05) is 13.7 Å². The summed E-state index contributed by atoms with van der Waals surface area (Å²) in [6, 6.07) is 4.84. The number of methoxy groups -OCH3 is 1. The molecule has 1 heterocycles. The molecule has 0 aromatic heterocycles. The predicted octanol–water partition coefficient (Wildman–Crippen LogP) is 8.66. The van der Waals surface area contributed by atoms with E-state index in [-0.39, 0.29) is 42.1 Å². The molecule has 2 saturated carbocycles. The molecule has 1 aliphatic heterocycles. The van der Waals surface area contributed by atoms with E-state index < -0.39 is 17.5 Å². The first kappa shape index (κ1) is 29.4. The molecule has 4 nitrogen and oxygen atoms in total. The first-order valence-electron chi connectivity index (χ1n) is 14.5. The van der Waals surface area contributed by atoms with E-state index in [1.807, 2.05) is 7.11 Å². The molecule has 2 aromatic carbocycles. The lowest BCUT2D eigenvalue weighted by Gasteiger charge is -2.28. The Kier molecular flexibility index (Phi) is 10.3. The summed E-state index contributed by atoms with van der Waals surface area (Å²) in [7, 11) is 1.84. The Bertz CT molecular complexity index is 1120. The van der Waals surface area contributed by atoms with Gasteiger partial charge in [0.25, 0.3) is 0 Å². The summed E-state index contributed by atoms with van der Waals surface area (Å²) in [4.78, 5) is 10.9. The average molecular weight is 547 g/mol. The molecular formula is C32H41F3O4. The number of rotatable bonds is 7. The fourth-order valence-electron chi connectivity index (χ4n) is 6.26. The molecule has 5 rings (SSSR count). The Balaban J connectivity index is 0.000000270. The van der Waals surface area contributed by atoms with Gasteiger partial charge in [-0.1, -0.05) is 25.8 Å². The van der Waals surface area contributed by atoms with Crippen molar-refractivity contribution >= 4 is 6.29 Å². The van der Waals surface area contributed by atoms with Gasteiger partial charge in [-0.2, -0.15) is 8.78 Å². The molecule has 0 N–H and O–H groups in total. The number of carbonyl (C=O) groups is 1. The standard InChI is InChI=1S/C22H21F3O3.C10H20O/c1-2-27-17-8-7-14-9-15-10-16(13-5-3-12(11-26)4-6-13)18(23)20(25)22(15)28-21(14)19(17)24;1-3-4-9-5-7-10(11-2)8-6-9/h7-8,10-13H,2-6,9H2,1H3;9-10H,3-8H2,1-2H3. The van der Waals surface area contributed by atoms with Gasteiger partial charge in [-0.05, 0) is 87.8 Å². The SMILES string of the molecule is CCCC1CCC(OC)CC1.CCOc1ccc2c(c1F)Oc1c(cc(C3CCC(C=O)CC3)c(F)c1F)C2. The van der Waals surface area contributed by atoms with Crippen LogP contribution in [0.25, 0.3) is 0 Å². The van der Waals surface area contributed by atoms with E-state index in [1.165, 1.54) is 44.6 Å². The minimum atomic E-state index is -1.09. The maximum Gasteiger partial charge on any atom is 0.207 e. The van der Waals surface area contributed by atoms with Crippen molar-refractivity contribution in [3.63, 3.8) is 0 Å². The lowest BCUT2D eigenvalue weighted by Crippen LogP contribution is -2.20. The van der Waals surface area contributed by atoms with Crippen LogP contribution in [0, 0.1) is 29.3 Å². The zero-order chi connectivity index (χ0) is 27.9. The molecule has 2 fully saturated rings. The normalized spacial score (nSPS) is 23.9. The molecule has 2 aliphatic carbocycles. The van der Waals surface area contributed by atoms with E-state index in [9.17, 15) is 18.0 Å². The quantitative estimate of drug-likeness (QED) is 0.278. The number of ether oxygens (including phenoxy) is 3. The minimum absolute atomic E-state index is 0.000457. The monoisotopic (exact) mass is 546 g/mol. The molecular weight excluding hydrogens is 505 g/mol. The van der Waals surface area contributed by atoms with Crippen molar-refractivity contribution in [2.45, 2.75) is 96.5 Å². The number of hydrogen-bond donors (Lipinski definition) is 0. The number of benzene rings is 2. The fourth-order valence-corrected chi connectivity index (χ4v) is 6.26. The Hall–Kier alpha value is -2.54. The second-order valence-corrected chi connectivity index (χ2v) is 11.1. The lowest BCUT2D eigenvalue weighted by atomic mass is 9.78. The van der Waals surface area contributed by atoms with Crippen molar-refractivity contribution in [3.05, 3.63) is 52.3 Å². The lowest BCUT2D eigenvalue weighted by molar-refractivity contribution is -0.111. The third kappa shape index (κ3) is 6.79.